The van der Waals surface area contributed by atoms with E-state index in [9.17, 15) is 9.18 Å². The van der Waals surface area contributed by atoms with Gasteiger partial charge in [0, 0.05) is 6.54 Å². The van der Waals surface area contributed by atoms with Crippen molar-refractivity contribution < 1.29 is 14.3 Å². The van der Waals surface area contributed by atoms with Crippen molar-refractivity contribution in [1.82, 2.24) is 0 Å². The molecule has 0 saturated heterocycles. The van der Waals surface area contributed by atoms with Gasteiger partial charge in [-0.3, -0.25) is 0 Å². The van der Waals surface area contributed by atoms with Gasteiger partial charge in [0.15, 0.2) is 5.82 Å². The largest absolute Gasteiger partial charge is 0.478 e. The molecule has 2 rings (SSSR count). The lowest BCUT2D eigenvalue weighted by molar-refractivity contribution is 0.0695. The number of anilines is 1. The number of carbonyl (C=O) groups is 1. The van der Waals surface area contributed by atoms with Gasteiger partial charge in [-0.25, -0.2) is 9.18 Å². The number of nitrogens with one attached hydrogen (secondary N) is 1. The summed E-state index contributed by atoms with van der Waals surface area (Å²) in [4.78, 5) is 10.9. The number of benzene rings is 1. The zero-order valence-electron chi connectivity index (χ0n) is 11.3. The van der Waals surface area contributed by atoms with E-state index >= 15 is 0 Å². The summed E-state index contributed by atoms with van der Waals surface area (Å²) in [6.07, 6.45) is 7.52. The van der Waals surface area contributed by atoms with Crippen molar-refractivity contribution in [3.05, 3.63) is 28.0 Å². The Morgan fingerprint density at radius 2 is 2.05 bits per heavy atom. The van der Waals surface area contributed by atoms with Gasteiger partial charge in [0.25, 0.3) is 0 Å². The number of rotatable bonds is 5. The van der Waals surface area contributed by atoms with Gasteiger partial charge in [0.2, 0.25) is 0 Å². The summed E-state index contributed by atoms with van der Waals surface area (Å²) in [6, 6.07) is 2.91. The van der Waals surface area contributed by atoms with E-state index in [1.165, 1.54) is 44.2 Å². The lowest BCUT2D eigenvalue weighted by Gasteiger charge is -2.21. The van der Waals surface area contributed by atoms with Crippen molar-refractivity contribution in [2.24, 2.45) is 5.92 Å². The zero-order chi connectivity index (χ0) is 14.5. The Morgan fingerprint density at radius 3 is 2.70 bits per heavy atom. The van der Waals surface area contributed by atoms with Crippen molar-refractivity contribution in [2.45, 2.75) is 38.5 Å². The minimum absolute atomic E-state index is 0.00710. The highest BCUT2D eigenvalue weighted by atomic mass is 79.9. The van der Waals surface area contributed by atoms with Gasteiger partial charge in [-0.15, -0.1) is 0 Å². The van der Waals surface area contributed by atoms with Crippen LogP contribution in [-0.4, -0.2) is 17.6 Å². The van der Waals surface area contributed by atoms with Crippen LogP contribution in [-0.2, 0) is 0 Å². The molecule has 0 atom stereocenters. The van der Waals surface area contributed by atoms with Gasteiger partial charge in [-0.2, -0.15) is 0 Å². The van der Waals surface area contributed by atoms with E-state index < -0.39 is 11.8 Å². The van der Waals surface area contributed by atoms with E-state index in [1.807, 2.05) is 0 Å². The SMILES string of the molecule is O=C(O)c1ccc(NCCC2CCCCC2)c(F)c1Br. The Labute approximate surface area is 126 Å². The second-order valence-electron chi connectivity index (χ2n) is 5.31. The summed E-state index contributed by atoms with van der Waals surface area (Å²) in [6.45, 7) is 0.723. The molecule has 1 aliphatic carbocycles. The third kappa shape index (κ3) is 3.72. The average molecular weight is 344 g/mol. The van der Waals surface area contributed by atoms with Crippen LogP contribution in [0.1, 0.15) is 48.9 Å². The second-order valence-corrected chi connectivity index (χ2v) is 6.11. The fourth-order valence-corrected chi connectivity index (χ4v) is 3.25. The van der Waals surface area contributed by atoms with E-state index in [0.29, 0.717) is 5.69 Å². The number of hydrogen-bond donors (Lipinski definition) is 2. The van der Waals surface area contributed by atoms with Crippen LogP contribution in [0.5, 0.6) is 0 Å². The molecule has 20 heavy (non-hydrogen) atoms. The Kier molecular flexibility index (Phi) is 5.40. The molecule has 1 aromatic carbocycles. The molecule has 0 amide bonds. The molecular weight excluding hydrogens is 325 g/mol. The molecule has 1 fully saturated rings. The molecule has 0 heterocycles. The fraction of sp³-hybridized carbons (Fsp3) is 0.533. The summed E-state index contributed by atoms with van der Waals surface area (Å²) in [5.74, 6) is -0.931. The first-order chi connectivity index (χ1) is 9.59. The summed E-state index contributed by atoms with van der Waals surface area (Å²) in [5, 5.41) is 12.0. The van der Waals surface area contributed by atoms with Crippen LogP contribution in [0.15, 0.2) is 16.6 Å². The standard InChI is InChI=1S/C15H19BrFNO2/c16-13-11(15(19)20)6-7-12(14(13)17)18-9-8-10-4-2-1-3-5-10/h6-7,10,18H,1-5,8-9H2,(H,19,20). The highest BCUT2D eigenvalue weighted by Gasteiger charge is 2.16. The lowest BCUT2D eigenvalue weighted by Crippen LogP contribution is -2.13. The Balaban J connectivity index is 1.92. The number of aromatic carboxylic acids is 1. The molecule has 3 nitrogen and oxygen atoms in total. The predicted molar refractivity (Wildman–Crippen MR) is 80.7 cm³/mol. The van der Waals surface area contributed by atoms with Crippen LogP contribution in [0.4, 0.5) is 10.1 Å². The monoisotopic (exact) mass is 343 g/mol. The fourth-order valence-electron chi connectivity index (χ4n) is 2.74. The lowest BCUT2D eigenvalue weighted by atomic mass is 9.87. The molecule has 0 bridgehead atoms. The minimum atomic E-state index is -1.13. The number of hydrogen-bond acceptors (Lipinski definition) is 2. The summed E-state index contributed by atoms with van der Waals surface area (Å²) in [5.41, 5.74) is 0.304. The maximum atomic E-state index is 14.0. The molecule has 1 aromatic rings. The summed E-state index contributed by atoms with van der Waals surface area (Å²) in [7, 11) is 0. The maximum absolute atomic E-state index is 14.0. The molecule has 2 N–H and O–H groups in total. The van der Waals surface area contributed by atoms with Crippen molar-refractivity contribution in [2.75, 3.05) is 11.9 Å². The van der Waals surface area contributed by atoms with Gasteiger partial charge < -0.3 is 10.4 Å². The second kappa shape index (κ2) is 7.07. The topological polar surface area (TPSA) is 49.3 Å². The molecule has 0 aliphatic heterocycles. The van der Waals surface area contributed by atoms with Crippen LogP contribution in [0.25, 0.3) is 0 Å². The normalized spacial score (nSPS) is 16.1. The molecule has 1 aliphatic rings. The van der Waals surface area contributed by atoms with Crippen LogP contribution in [0.3, 0.4) is 0 Å². The van der Waals surface area contributed by atoms with Gasteiger partial charge >= 0.3 is 5.97 Å². The van der Waals surface area contributed by atoms with Gasteiger partial charge in [-0.05, 0) is 40.4 Å². The first kappa shape index (κ1) is 15.3. The Bertz CT molecular complexity index is 487. The summed E-state index contributed by atoms with van der Waals surface area (Å²) < 4.78 is 14.0. The third-order valence-electron chi connectivity index (χ3n) is 3.91. The Morgan fingerprint density at radius 1 is 1.35 bits per heavy atom. The van der Waals surface area contributed by atoms with Crippen molar-refractivity contribution in [1.29, 1.82) is 0 Å². The van der Waals surface area contributed by atoms with E-state index in [2.05, 4.69) is 21.2 Å². The molecule has 0 radical (unpaired) electrons. The first-order valence-electron chi connectivity index (χ1n) is 7.04. The molecule has 5 heteroatoms. The van der Waals surface area contributed by atoms with Gasteiger partial charge in [0.1, 0.15) is 0 Å². The summed E-state index contributed by atoms with van der Waals surface area (Å²) >= 11 is 3.00. The molecule has 0 unspecified atom stereocenters. The first-order valence-corrected chi connectivity index (χ1v) is 7.84. The molecule has 0 aromatic heterocycles. The highest BCUT2D eigenvalue weighted by molar-refractivity contribution is 9.10. The number of halogens is 2. The predicted octanol–water partition coefficient (Wildman–Crippen LogP) is 4.67. The van der Waals surface area contributed by atoms with Crippen LogP contribution in [0.2, 0.25) is 0 Å². The van der Waals surface area contributed by atoms with Gasteiger partial charge in [-0.1, -0.05) is 32.1 Å². The zero-order valence-corrected chi connectivity index (χ0v) is 12.9. The molecule has 0 spiro atoms. The van der Waals surface area contributed by atoms with Crippen molar-refractivity contribution in [3.8, 4) is 0 Å². The smallest absolute Gasteiger partial charge is 0.336 e. The Hall–Kier alpha value is -1.10. The average Bonchev–Trinajstić information content (AvgIpc) is 2.44. The quantitative estimate of drug-likeness (QED) is 0.816. The number of carboxylic acids is 1. The molecule has 110 valence electrons. The van der Waals surface area contributed by atoms with Crippen LogP contribution in [0, 0.1) is 11.7 Å². The third-order valence-corrected chi connectivity index (χ3v) is 4.68. The van der Waals surface area contributed by atoms with Crippen molar-refractivity contribution >= 4 is 27.6 Å². The molecule has 1 saturated carbocycles. The van der Waals surface area contributed by atoms with Crippen LogP contribution >= 0.6 is 15.9 Å². The minimum Gasteiger partial charge on any atom is -0.478 e. The maximum Gasteiger partial charge on any atom is 0.336 e. The van der Waals surface area contributed by atoms with E-state index in [-0.39, 0.29) is 10.0 Å². The number of carboxylic acid groups (broad SMARTS) is 1. The van der Waals surface area contributed by atoms with E-state index in [1.54, 1.807) is 0 Å². The van der Waals surface area contributed by atoms with Gasteiger partial charge in [0.05, 0.1) is 15.7 Å². The highest BCUT2D eigenvalue weighted by Crippen LogP contribution is 2.29. The van der Waals surface area contributed by atoms with E-state index in [4.69, 9.17) is 5.11 Å². The molecular formula is C15H19BrFNO2. The van der Waals surface area contributed by atoms with Crippen LogP contribution < -0.4 is 5.32 Å². The van der Waals surface area contributed by atoms with Crippen molar-refractivity contribution in [3.63, 3.8) is 0 Å². The van der Waals surface area contributed by atoms with E-state index in [0.717, 1.165) is 18.9 Å².